The number of hydrogen-bond acceptors (Lipinski definition) is 5. The minimum atomic E-state index is -3.46. The second-order valence-electron chi connectivity index (χ2n) is 7.32. The Morgan fingerprint density at radius 1 is 1.31 bits per heavy atom. The van der Waals surface area contributed by atoms with Gasteiger partial charge in [-0.15, -0.1) is 0 Å². The molecule has 164 valence electrons. The average Bonchev–Trinajstić information content (AvgIpc) is 3.23. The van der Waals surface area contributed by atoms with Crippen LogP contribution in [-0.4, -0.2) is 71.3 Å². The molecule has 0 aliphatic carbocycles. The van der Waals surface area contributed by atoms with E-state index >= 15 is 0 Å². The topological polar surface area (TPSA) is 92.3 Å². The van der Waals surface area contributed by atoms with Gasteiger partial charge in [-0.2, -0.15) is 4.31 Å². The van der Waals surface area contributed by atoms with Gasteiger partial charge in [0.1, 0.15) is 0 Å². The van der Waals surface area contributed by atoms with Gasteiger partial charge < -0.3 is 20.1 Å². The number of aliphatic imine (C=N–C) groups is 1. The van der Waals surface area contributed by atoms with Crippen LogP contribution in [0.25, 0.3) is 0 Å². The molecule has 0 radical (unpaired) electrons. The molecule has 1 aliphatic heterocycles. The SMILES string of the molecule is CN=C(NCCCOC1CCOC1)NCc1ccc(S(=O)(=O)N(C)C(C)C)cc1. The lowest BCUT2D eigenvalue weighted by atomic mass is 10.2. The van der Waals surface area contributed by atoms with Crippen LogP contribution in [0.2, 0.25) is 0 Å². The highest BCUT2D eigenvalue weighted by molar-refractivity contribution is 7.89. The van der Waals surface area contributed by atoms with Crippen molar-refractivity contribution in [2.75, 3.05) is 40.5 Å². The fourth-order valence-corrected chi connectivity index (χ4v) is 4.17. The maximum Gasteiger partial charge on any atom is 0.243 e. The third kappa shape index (κ3) is 7.26. The molecule has 1 unspecified atom stereocenters. The molecule has 1 atom stereocenters. The molecule has 0 amide bonds. The lowest BCUT2D eigenvalue weighted by molar-refractivity contribution is 0.0420. The standard InChI is InChI=1S/C20H34N4O4S/c1-16(2)24(4)29(25,26)19-8-6-17(7-9-19)14-23-20(21-3)22-11-5-12-28-18-10-13-27-15-18/h6-9,16,18H,5,10-15H2,1-4H3,(H2,21,22,23). The molecule has 29 heavy (non-hydrogen) atoms. The van der Waals surface area contributed by atoms with Gasteiger partial charge in [0.15, 0.2) is 5.96 Å². The molecule has 1 heterocycles. The van der Waals surface area contributed by atoms with Crippen LogP contribution in [0.4, 0.5) is 0 Å². The van der Waals surface area contributed by atoms with Gasteiger partial charge in [0, 0.05) is 46.4 Å². The first kappa shape index (κ1) is 23.6. The molecule has 0 bridgehead atoms. The van der Waals surface area contributed by atoms with E-state index in [0.717, 1.165) is 31.6 Å². The van der Waals surface area contributed by atoms with Crippen LogP contribution in [0.15, 0.2) is 34.2 Å². The number of benzene rings is 1. The molecule has 0 aromatic heterocycles. The van der Waals surface area contributed by atoms with Crippen molar-refractivity contribution in [1.29, 1.82) is 0 Å². The molecule has 0 saturated carbocycles. The summed E-state index contributed by atoms with van der Waals surface area (Å²) in [6.07, 6.45) is 2.09. The predicted octanol–water partition coefficient (Wildman–Crippen LogP) is 1.58. The van der Waals surface area contributed by atoms with Crippen molar-refractivity contribution >= 4 is 16.0 Å². The van der Waals surface area contributed by atoms with E-state index in [4.69, 9.17) is 9.47 Å². The van der Waals surface area contributed by atoms with Gasteiger partial charge in [-0.05, 0) is 44.4 Å². The number of guanidine groups is 1. The molecular formula is C20H34N4O4S. The molecule has 1 saturated heterocycles. The van der Waals surface area contributed by atoms with E-state index in [-0.39, 0.29) is 12.1 Å². The van der Waals surface area contributed by atoms with Crippen molar-refractivity contribution in [2.24, 2.45) is 4.99 Å². The molecular weight excluding hydrogens is 392 g/mol. The zero-order valence-corrected chi connectivity index (χ0v) is 18.7. The highest BCUT2D eigenvalue weighted by Crippen LogP contribution is 2.17. The first-order chi connectivity index (χ1) is 13.8. The van der Waals surface area contributed by atoms with Gasteiger partial charge in [0.2, 0.25) is 10.0 Å². The molecule has 1 fully saturated rings. The van der Waals surface area contributed by atoms with Crippen molar-refractivity contribution in [3.05, 3.63) is 29.8 Å². The third-order valence-electron chi connectivity index (χ3n) is 4.87. The summed E-state index contributed by atoms with van der Waals surface area (Å²) in [7, 11) is -0.141. The number of sulfonamides is 1. The monoisotopic (exact) mass is 426 g/mol. The Bertz CT molecular complexity index is 744. The second kappa shape index (κ2) is 11.5. The maximum atomic E-state index is 12.5. The number of nitrogens with one attached hydrogen (secondary N) is 2. The summed E-state index contributed by atoms with van der Waals surface area (Å²) in [5.74, 6) is 0.699. The van der Waals surface area contributed by atoms with Gasteiger partial charge in [0.25, 0.3) is 0 Å². The molecule has 2 rings (SSSR count). The van der Waals surface area contributed by atoms with Crippen LogP contribution in [0.1, 0.15) is 32.3 Å². The van der Waals surface area contributed by atoms with Crippen LogP contribution in [0.5, 0.6) is 0 Å². The van der Waals surface area contributed by atoms with E-state index in [2.05, 4.69) is 15.6 Å². The van der Waals surface area contributed by atoms with Crippen molar-refractivity contribution < 1.29 is 17.9 Å². The Kier molecular flexibility index (Phi) is 9.35. The van der Waals surface area contributed by atoms with Gasteiger partial charge in [-0.25, -0.2) is 8.42 Å². The van der Waals surface area contributed by atoms with E-state index in [1.807, 2.05) is 26.0 Å². The van der Waals surface area contributed by atoms with E-state index in [1.165, 1.54) is 4.31 Å². The fourth-order valence-electron chi connectivity index (χ4n) is 2.80. The summed E-state index contributed by atoms with van der Waals surface area (Å²) < 4.78 is 37.4. The van der Waals surface area contributed by atoms with E-state index in [1.54, 1.807) is 26.2 Å². The fraction of sp³-hybridized carbons (Fsp3) is 0.650. The van der Waals surface area contributed by atoms with Crippen molar-refractivity contribution in [3.8, 4) is 0 Å². The summed E-state index contributed by atoms with van der Waals surface area (Å²) in [6, 6.07) is 6.84. The Morgan fingerprint density at radius 2 is 2.03 bits per heavy atom. The van der Waals surface area contributed by atoms with Gasteiger partial charge in [0.05, 0.1) is 17.6 Å². The van der Waals surface area contributed by atoms with Crippen molar-refractivity contribution in [3.63, 3.8) is 0 Å². The Hall–Kier alpha value is -1.68. The Morgan fingerprint density at radius 3 is 2.62 bits per heavy atom. The molecule has 1 aromatic carbocycles. The number of rotatable bonds is 10. The highest BCUT2D eigenvalue weighted by atomic mass is 32.2. The quantitative estimate of drug-likeness (QED) is 0.335. The number of ether oxygens (including phenoxy) is 2. The van der Waals surface area contributed by atoms with Crippen LogP contribution >= 0.6 is 0 Å². The summed E-state index contributed by atoms with van der Waals surface area (Å²) in [6.45, 7) is 7.19. The minimum absolute atomic E-state index is 0.0901. The van der Waals surface area contributed by atoms with Crippen LogP contribution in [0, 0.1) is 0 Å². The Labute approximate surface area is 174 Å². The Balaban J connectivity index is 1.74. The minimum Gasteiger partial charge on any atom is -0.379 e. The highest BCUT2D eigenvalue weighted by Gasteiger charge is 2.22. The van der Waals surface area contributed by atoms with Crippen LogP contribution in [0.3, 0.4) is 0 Å². The largest absolute Gasteiger partial charge is 0.379 e. The van der Waals surface area contributed by atoms with E-state index < -0.39 is 10.0 Å². The third-order valence-corrected chi connectivity index (χ3v) is 6.91. The summed E-state index contributed by atoms with van der Waals surface area (Å²) >= 11 is 0. The molecule has 9 heteroatoms. The smallest absolute Gasteiger partial charge is 0.243 e. The number of nitrogens with zero attached hydrogens (tertiary/aromatic N) is 2. The summed E-state index contributed by atoms with van der Waals surface area (Å²) in [5, 5.41) is 6.49. The van der Waals surface area contributed by atoms with Crippen LogP contribution < -0.4 is 10.6 Å². The van der Waals surface area contributed by atoms with Crippen LogP contribution in [-0.2, 0) is 26.0 Å². The second-order valence-corrected chi connectivity index (χ2v) is 9.32. The molecule has 8 nitrogen and oxygen atoms in total. The molecule has 2 N–H and O–H groups in total. The first-order valence-electron chi connectivity index (χ1n) is 10.1. The van der Waals surface area contributed by atoms with Gasteiger partial charge in [-0.1, -0.05) is 12.1 Å². The zero-order chi connectivity index (χ0) is 21.3. The van der Waals surface area contributed by atoms with E-state index in [0.29, 0.717) is 30.6 Å². The van der Waals surface area contributed by atoms with Crippen molar-refractivity contribution in [1.82, 2.24) is 14.9 Å². The van der Waals surface area contributed by atoms with Crippen molar-refractivity contribution in [2.45, 2.75) is 50.3 Å². The summed E-state index contributed by atoms with van der Waals surface area (Å²) in [5.41, 5.74) is 0.976. The summed E-state index contributed by atoms with van der Waals surface area (Å²) in [4.78, 5) is 4.51. The zero-order valence-electron chi connectivity index (χ0n) is 17.8. The molecule has 0 spiro atoms. The predicted molar refractivity (Wildman–Crippen MR) is 115 cm³/mol. The number of hydrogen-bond donors (Lipinski definition) is 2. The van der Waals surface area contributed by atoms with Gasteiger partial charge in [-0.3, -0.25) is 4.99 Å². The lowest BCUT2D eigenvalue weighted by Crippen LogP contribution is -2.37. The van der Waals surface area contributed by atoms with Gasteiger partial charge >= 0.3 is 0 Å². The average molecular weight is 427 g/mol. The molecule has 1 aliphatic rings. The molecule has 1 aromatic rings. The normalized spacial score (nSPS) is 17.9. The van der Waals surface area contributed by atoms with E-state index in [9.17, 15) is 8.42 Å². The first-order valence-corrected chi connectivity index (χ1v) is 11.5. The lowest BCUT2D eigenvalue weighted by Gasteiger charge is -2.21. The maximum absolute atomic E-state index is 12.5.